The van der Waals surface area contributed by atoms with Gasteiger partial charge in [0, 0.05) is 27.4 Å². The van der Waals surface area contributed by atoms with Crippen molar-refractivity contribution >= 4 is 34.4 Å². The van der Waals surface area contributed by atoms with Crippen LogP contribution in [-0.4, -0.2) is 16.0 Å². The number of aliphatic imine (C=N–C) groups is 1. The van der Waals surface area contributed by atoms with Crippen molar-refractivity contribution in [2.75, 3.05) is 4.90 Å². The predicted octanol–water partition coefficient (Wildman–Crippen LogP) is 6.89. The van der Waals surface area contributed by atoms with E-state index in [0.29, 0.717) is 5.69 Å². The smallest absolute Gasteiger partial charge is 0.268 e. The maximum Gasteiger partial charge on any atom is 0.268 e. The normalized spacial score (nSPS) is 11.0. The molecule has 1 aromatic heterocycles. The average Bonchev–Trinajstić information content (AvgIpc) is 3.35. The fourth-order valence-corrected chi connectivity index (χ4v) is 4.44. The van der Waals surface area contributed by atoms with Crippen LogP contribution >= 0.6 is 0 Å². The van der Waals surface area contributed by atoms with Crippen molar-refractivity contribution < 1.29 is 30.7 Å². The second-order valence-corrected chi connectivity index (χ2v) is 8.84. The topological polar surface area (TPSA) is 44.6 Å². The SMILES string of the molecule is Cc1ccccc1N([C-]=Nc1ccccc1)c1[c-]c(-n2[c-][n+](-c3ccccc3O)c3ccccc32)ccc1.[Pt]. The van der Waals surface area contributed by atoms with Crippen molar-refractivity contribution in [1.29, 1.82) is 0 Å². The number of para-hydroxylation sites is 6. The number of aromatic nitrogens is 2. The Morgan fingerprint density at radius 1 is 0.795 bits per heavy atom. The number of hydrogen-bond acceptors (Lipinski definition) is 2. The molecule has 0 unspecified atom stereocenters. The number of benzene rings is 5. The number of phenolic OH excluding ortho intramolecular Hbond substituents is 1. The molecule has 0 bridgehead atoms. The summed E-state index contributed by atoms with van der Waals surface area (Å²) in [6.07, 6.45) is 6.65. The summed E-state index contributed by atoms with van der Waals surface area (Å²) in [4.78, 5) is 6.54. The molecule has 39 heavy (non-hydrogen) atoms. The van der Waals surface area contributed by atoms with E-state index in [4.69, 9.17) is 0 Å². The van der Waals surface area contributed by atoms with E-state index in [2.05, 4.69) is 36.7 Å². The summed E-state index contributed by atoms with van der Waals surface area (Å²) in [5.74, 6) is 0.187. The Bertz CT molecular complexity index is 1760. The maximum absolute atomic E-state index is 10.5. The first-order chi connectivity index (χ1) is 18.7. The molecule has 6 rings (SSSR count). The Labute approximate surface area is 242 Å². The van der Waals surface area contributed by atoms with Gasteiger partial charge >= 0.3 is 0 Å². The molecule has 0 aliphatic carbocycles. The molecule has 0 saturated carbocycles. The molecule has 0 radical (unpaired) electrons. The molecular formula is C33H24N4OPt-2. The second-order valence-electron chi connectivity index (χ2n) is 8.84. The largest absolute Gasteiger partial charge is 0.511 e. The minimum atomic E-state index is 0. The number of anilines is 2. The quantitative estimate of drug-likeness (QED) is 0.0682. The summed E-state index contributed by atoms with van der Waals surface area (Å²) < 4.78 is 3.82. The van der Waals surface area contributed by atoms with E-state index in [1.807, 2.05) is 123 Å². The summed E-state index contributed by atoms with van der Waals surface area (Å²) in [7, 11) is 0. The van der Waals surface area contributed by atoms with Crippen LogP contribution in [0.3, 0.4) is 0 Å². The zero-order valence-corrected chi connectivity index (χ0v) is 23.4. The fourth-order valence-electron chi connectivity index (χ4n) is 4.44. The minimum Gasteiger partial charge on any atom is -0.511 e. The number of aromatic hydroxyl groups is 1. The third kappa shape index (κ3) is 5.27. The van der Waals surface area contributed by atoms with Gasteiger partial charge in [0.1, 0.15) is 11.4 Å². The molecule has 0 saturated heterocycles. The number of phenols is 1. The van der Waals surface area contributed by atoms with Crippen molar-refractivity contribution in [3.8, 4) is 17.1 Å². The van der Waals surface area contributed by atoms with Gasteiger partial charge in [-0.3, -0.25) is 4.57 Å². The molecule has 0 spiro atoms. The van der Waals surface area contributed by atoms with Gasteiger partial charge < -0.3 is 19.6 Å². The van der Waals surface area contributed by atoms with E-state index in [1.54, 1.807) is 6.07 Å². The van der Waals surface area contributed by atoms with E-state index in [0.717, 1.165) is 39.3 Å². The van der Waals surface area contributed by atoms with Gasteiger partial charge in [0.05, 0.1) is 11.0 Å². The van der Waals surface area contributed by atoms with Gasteiger partial charge in [-0.1, -0.05) is 102 Å². The maximum atomic E-state index is 10.5. The van der Waals surface area contributed by atoms with E-state index in [9.17, 15) is 5.11 Å². The van der Waals surface area contributed by atoms with Crippen LogP contribution in [0.5, 0.6) is 5.75 Å². The van der Waals surface area contributed by atoms with E-state index >= 15 is 0 Å². The summed E-state index contributed by atoms with van der Waals surface area (Å²) in [6, 6.07) is 42.7. The molecule has 0 aliphatic heterocycles. The molecule has 1 heterocycles. The molecule has 1 N–H and O–H groups in total. The first-order valence-electron chi connectivity index (χ1n) is 12.3. The Balaban J connectivity index is 0.00000308. The molecule has 0 aliphatic rings. The molecule has 0 atom stereocenters. The molecule has 6 aromatic rings. The summed E-state index contributed by atoms with van der Waals surface area (Å²) >= 11 is 0. The monoisotopic (exact) mass is 687 g/mol. The zero-order chi connectivity index (χ0) is 25.9. The van der Waals surface area contributed by atoms with Crippen molar-refractivity contribution in [2.24, 2.45) is 4.99 Å². The average molecular weight is 688 g/mol. The van der Waals surface area contributed by atoms with Crippen LogP contribution in [0.4, 0.5) is 17.1 Å². The van der Waals surface area contributed by atoms with Crippen LogP contribution in [-0.2, 0) is 21.1 Å². The summed E-state index contributed by atoms with van der Waals surface area (Å²) in [5.41, 5.74) is 6.97. The zero-order valence-electron chi connectivity index (χ0n) is 21.1. The van der Waals surface area contributed by atoms with Gasteiger partial charge in [-0.2, -0.15) is 23.9 Å². The van der Waals surface area contributed by atoms with Crippen LogP contribution < -0.4 is 9.47 Å². The fraction of sp³-hybridized carbons (Fsp3) is 0.0303. The Hall–Kier alpha value is -4.47. The van der Waals surface area contributed by atoms with Crippen LogP contribution in [0.15, 0.2) is 126 Å². The van der Waals surface area contributed by atoms with Crippen LogP contribution in [0.25, 0.3) is 22.4 Å². The molecule has 194 valence electrons. The van der Waals surface area contributed by atoms with Gasteiger partial charge in [-0.25, -0.2) is 6.07 Å². The van der Waals surface area contributed by atoms with E-state index in [-0.39, 0.29) is 26.8 Å². The third-order valence-corrected chi connectivity index (χ3v) is 6.32. The Kier molecular flexibility index (Phi) is 7.71. The third-order valence-electron chi connectivity index (χ3n) is 6.32. The number of rotatable bonds is 6. The first kappa shape index (κ1) is 26.1. The minimum absolute atomic E-state index is 0. The number of fused-ring (bicyclic) bond motifs is 1. The molecule has 0 amide bonds. The van der Waals surface area contributed by atoms with Crippen LogP contribution in [0, 0.1) is 19.3 Å². The number of imidazole rings is 1. The first-order valence-corrected chi connectivity index (χ1v) is 12.3. The molecule has 0 fully saturated rings. The predicted molar refractivity (Wildman–Crippen MR) is 151 cm³/mol. The van der Waals surface area contributed by atoms with Crippen LogP contribution in [0.2, 0.25) is 0 Å². The van der Waals surface area contributed by atoms with Gasteiger partial charge in [-0.15, -0.1) is 0 Å². The van der Waals surface area contributed by atoms with Crippen molar-refractivity contribution in [3.63, 3.8) is 0 Å². The molecule has 5 nitrogen and oxygen atoms in total. The molecule has 5 aromatic carbocycles. The standard InChI is InChI=1S/C33H24N4O.Pt/c1-25-12-5-6-17-29(25)35(23-34-26-13-3-2-4-14-26)27-15-11-16-28(22-27)36-24-37(31-19-8-7-18-30(31)36)32-20-9-10-21-33(32)38;/h2-21,38H,1H3;/q-2;. The van der Waals surface area contributed by atoms with Gasteiger partial charge in [-0.05, 0) is 30.4 Å². The summed E-state index contributed by atoms with van der Waals surface area (Å²) in [5, 5.41) is 10.5. The number of hydrogen-bond donors (Lipinski definition) is 1. The van der Waals surface area contributed by atoms with Gasteiger partial charge in [0.25, 0.3) is 6.33 Å². The van der Waals surface area contributed by atoms with Gasteiger partial charge in [0.15, 0.2) is 0 Å². The van der Waals surface area contributed by atoms with E-state index in [1.165, 1.54) is 0 Å². The van der Waals surface area contributed by atoms with Crippen molar-refractivity contribution in [1.82, 2.24) is 4.57 Å². The number of aryl methyl sites for hydroxylation is 1. The second kappa shape index (κ2) is 11.5. The Morgan fingerprint density at radius 3 is 2.33 bits per heavy atom. The molecular weight excluding hydrogens is 663 g/mol. The van der Waals surface area contributed by atoms with Crippen molar-refractivity contribution in [3.05, 3.63) is 139 Å². The van der Waals surface area contributed by atoms with Gasteiger partial charge in [0.2, 0.25) is 0 Å². The van der Waals surface area contributed by atoms with Crippen molar-refractivity contribution in [2.45, 2.75) is 6.92 Å². The Morgan fingerprint density at radius 2 is 1.51 bits per heavy atom. The summed E-state index contributed by atoms with van der Waals surface area (Å²) in [6.45, 7) is 2.07. The van der Waals surface area contributed by atoms with E-state index < -0.39 is 0 Å². The van der Waals surface area contributed by atoms with Crippen LogP contribution in [0.1, 0.15) is 5.56 Å². The molecule has 6 heteroatoms. The number of nitrogens with zero attached hydrogens (tertiary/aromatic N) is 4.